The van der Waals surface area contributed by atoms with E-state index >= 15 is 0 Å². The molecule has 3 nitrogen and oxygen atoms in total. The van der Waals surface area contributed by atoms with Crippen molar-refractivity contribution in [2.75, 3.05) is 5.32 Å². The first-order valence-electron chi connectivity index (χ1n) is 6.45. The number of amides is 1. The normalized spacial score (nSPS) is 11.8. The monoisotopic (exact) mass is 351 g/mol. The van der Waals surface area contributed by atoms with Gasteiger partial charge in [0.15, 0.2) is 6.10 Å². The van der Waals surface area contributed by atoms with Crippen molar-refractivity contribution in [1.82, 2.24) is 0 Å². The highest BCUT2D eigenvalue weighted by atomic mass is 79.9. The molecular formula is C16H15BrFNO2. The van der Waals surface area contributed by atoms with Gasteiger partial charge >= 0.3 is 0 Å². The standard InChI is InChI=1S/C16H15BrFNO2/c1-10-9-13(5-8-15(10)17)19-16(20)11(2)21-14-6-3-12(18)4-7-14/h3-9,11H,1-2H3,(H,19,20)/t11-/m0/s1. The van der Waals surface area contributed by atoms with Crippen molar-refractivity contribution < 1.29 is 13.9 Å². The Morgan fingerprint density at radius 3 is 2.52 bits per heavy atom. The van der Waals surface area contributed by atoms with Crippen molar-refractivity contribution in [2.24, 2.45) is 0 Å². The van der Waals surface area contributed by atoms with Crippen molar-refractivity contribution in [1.29, 1.82) is 0 Å². The third-order valence-electron chi connectivity index (χ3n) is 2.92. The quantitative estimate of drug-likeness (QED) is 0.891. The van der Waals surface area contributed by atoms with Gasteiger partial charge in [0.25, 0.3) is 5.91 Å². The lowest BCUT2D eigenvalue weighted by Gasteiger charge is -2.15. The smallest absolute Gasteiger partial charge is 0.265 e. The predicted molar refractivity (Wildman–Crippen MR) is 84.0 cm³/mol. The van der Waals surface area contributed by atoms with Gasteiger partial charge in [-0.3, -0.25) is 4.79 Å². The first-order valence-corrected chi connectivity index (χ1v) is 7.24. The first-order chi connectivity index (χ1) is 9.95. The fraction of sp³-hybridized carbons (Fsp3) is 0.188. The van der Waals surface area contributed by atoms with Crippen molar-refractivity contribution in [3.05, 3.63) is 58.3 Å². The number of carbonyl (C=O) groups excluding carboxylic acids is 1. The molecule has 2 aromatic rings. The highest BCUT2D eigenvalue weighted by Crippen LogP contribution is 2.20. The number of aryl methyl sites for hydroxylation is 1. The molecule has 0 fully saturated rings. The Balaban J connectivity index is 1.98. The number of nitrogens with one attached hydrogen (secondary N) is 1. The summed E-state index contributed by atoms with van der Waals surface area (Å²) in [5.74, 6) is -0.156. The van der Waals surface area contributed by atoms with Gasteiger partial charge in [0.1, 0.15) is 11.6 Å². The predicted octanol–water partition coefficient (Wildman–Crippen LogP) is 4.30. The van der Waals surface area contributed by atoms with Crippen LogP contribution in [0.5, 0.6) is 5.75 Å². The summed E-state index contributed by atoms with van der Waals surface area (Å²) in [7, 11) is 0. The Bertz CT molecular complexity index is 643. The van der Waals surface area contributed by atoms with E-state index in [0.717, 1.165) is 10.0 Å². The largest absolute Gasteiger partial charge is 0.481 e. The van der Waals surface area contributed by atoms with E-state index in [1.54, 1.807) is 13.0 Å². The van der Waals surface area contributed by atoms with E-state index < -0.39 is 6.10 Å². The topological polar surface area (TPSA) is 38.3 Å². The molecule has 2 rings (SSSR count). The van der Waals surface area contributed by atoms with Gasteiger partial charge in [0.05, 0.1) is 0 Å². The number of hydrogen-bond acceptors (Lipinski definition) is 2. The molecule has 110 valence electrons. The van der Waals surface area contributed by atoms with E-state index in [1.165, 1.54) is 24.3 Å². The summed E-state index contributed by atoms with van der Waals surface area (Å²) in [6.07, 6.45) is -0.681. The van der Waals surface area contributed by atoms with Crippen LogP contribution in [0, 0.1) is 12.7 Å². The summed E-state index contributed by atoms with van der Waals surface area (Å²) in [5, 5.41) is 2.78. The van der Waals surface area contributed by atoms with E-state index in [9.17, 15) is 9.18 Å². The van der Waals surface area contributed by atoms with Crippen molar-refractivity contribution >= 4 is 27.5 Å². The molecule has 0 unspecified atom stereocenters. The fourth-order valence-corrected chi connectivity index (χ4v) is 1.98. The average Bonchev–Trinajstić information content (AvgIpc) is 2.45. The van der Waals surface area contributed by atoms with Crippen molar-refractivity contribution in [2.45, 2.75) is 20.0 Å². The molecule has 1 amide bonds. The van der Waals surface area contributed by atoms with Crippen LogP contribution < -0.4 is 10.1 Å². The number of anilines is 1. The Hall–Kier alpha value is -1.88. The maximum Gasteiger partial charge on any atom is 0.265 e. The number of rotatable bonds is 4. The lowest BCUT2D eigenvalue weighted by molar-refractivity contribution is -0.122. The number of hydrogen-bond donors (Lipinski definition) is 1. The zero-order chi connectivity index (χ0) is 15.4. The molecule has 1 atom stereocenters. The fourth-order valence-electron chi connectivity index (χ4n) is 1.74. The van der Waals surface area contributed by atoms with Crippen LogP contribution in [-0.4, -0.2) is 12.0 Å². The van der Waals surface area contributed by atoms with Crippen LogP contribution in [0.4, 0.5) is 10.1 Å². The minimum absolute atomic E-state index is 0.263. The minimum atomic E-state index is -0.681. The average molecular weight is 352 g/mol. The van der Waals surface area contributed by atoms with Gasteiger partial charge < -0.3 is 10.1 Å². The molecule has 0 radical (unpaired) electrons. The van der Waals surface area contributed by atoms with Crippen LogP contribution in [0.15, 0.2) is 46.9 Å². The number of benzene rings is 2. The summed E-state index contributed by atoms with van der Waals surface area (Å²) in [6.45, 7) is 3.59. The van der Waals surface area contributed by atoms with Crippen LogP contribution in [0.25, 0.3) is 0 Å². The Labute approximate surface area is 131 Å². The molecule has 0 heterocycles. The van der Waals surface area contributed by atoms with E-state index in [-0.39, 0.29) is 11.7 Å². The maximum absolute atomic E-state index is 12.8. The van der Waals surface area contributed by atoms with Crippen LogP contribution in [0.2, 0.25) is 0 Å². The van der Waals surface area contributed by atoms with E-state index in [0.29, 0.717) is 11.4 Å². The Morgan fingerprint density at radius 1 is 1.24 bits per heavy atom. The molecule has 21 heavy (non-hydrogen) atoms. The second-order valence-corrected chi connectivity index (χ2v) is 5.52. The third-order valence-corrected chi connectivity index (χ3v) is 3.81. The van der Waals surface area contributed by atoms with E-state index in [2.05, 4.69) is 21.2 Å². The lowest BCUT2D eigenvalue weighted by atomic mass is 10.2. The van der Waals surface area contributed by atoms with E-state index in [4.69, 9.17) is 4.74 Å². The maximum atomic E-state index is 12.8. The molecule has 1 N–H and O–H groups in total. The summed E-state index contributed by atoms with van der Waals surface area (Å²) < 4.78 is 19.3. The van der Waals surface area contributed by atoms with E-state index in [1.807, 2.05) is 19.1 Å². The van der Waals surface area contributed by atoms with Crippen LogP contribution >= 0.6 is 15.9 Å². The molecule has 0 spiro atoms. The van der Waals surface area contributed by atoms with Crippen LogP contribution in [0.1, 0.15) is 12.5 Å². The Morgan fingerprint density at radius 2 is 1.90 bits per heavy atom. The van der Waals surface area contributed by atoms with Crippen LogP contribution in [-0.2, 0) is 4.79 Å². The summed E-state index contributed by atoms with van der Waals surface area (Å²) in [4.78, 5) is 12.1. The van der Waals surface area contributed by atoms with Gasteiger partial charge in [-0.25, -0.2) is 4.39 Å². The molecule has 0 aliphatic heterocycles. The van der Waals surface area contributed by atoms with Gasteiger partial charge in [0, 0.05) is 10.2 Å². The third kappa shape index (κ3) is 4.29. The molecule has 0 bridgehead atoms. The van der Waals surface area contributed by atoms with Crippen LogP contribution in [0.3, 0.4) is 0 Å². The number of halogens is 2. The number of carbonyl (C=O) groups is 1. The zero-order valence-electron chi connectivity index (χ0n) is 11.7. The summed E-state index contributed by atoms with van der Waals surface area (Å²) in [6, 6.07) is 11.1. The second-order valence-electron chi connectivity index (χ2n) is 4.67. The number of ether oxygens (including phenoxy) is 1. The van der Waals surface area contributed by atoms with Gasteiger partial charge in [-0.15, -0.1) is 0 Å². The van der Waals surface area contributed by atoms with Gasteiger partial charge in [-0.2, -0.15) is 0 Å². The summed E-state index contributed by atoms with van der Waals surface area (Å²) in [5.41, 5.74) is 1.73. The molecule has 0 aliphatic carbocycles. The molecule has 5 heteroatoms. The second kappa shape index (κ2) is 6.72. The molecular weight excluding hydrogens is 337 g/mol. The molecule has 0 aliphatic rings. The molecule has 0 saturated carbocycles. The molecule has 0 aromatic heterocycles. The van der Waals surface area contributed by atoms with Crippen molar-refractivity contribution in [3.8, 4) is 5.75 Å². The highest BCUT2D eigenvalue weighted by molar-refractivity contribution is 9.10. The summed E-state index contributed by atoms with van der Waals surface area (Å²) >= 11 is 3.41. The van der Waals surface area contributed by atoms with Gasteiger partial charge in [-0.05, 0) is 61.9 Å². The SMILES string of the molecule is Cc1cc(NC(=O)[C@H](C)Oc2ccc(F)cc2)ccc1Br. The lowest BCUT2D eigenvalue weighted by Crippen LogP contribution is -2.30. The zero-order valence-corrected chi connectivity index (χ0v) is 13.3. The first kappa shape index (κ1) is 15.5. The Kier molecular flexibility index (Phi) is 4.96. The van der Waals surface area contributed by atoms with Gasteiger partial charge in [0.2, 0.25) is 0 Å². The van der Waals surface area contributed by atoms with Gasteiger partial charge in [-0.1, -0.05) is 15.9 Å². The molecule has 0 saturated heterocycles. The van der Waals surface area contributed by atoms with Crippen molar-refractivity contribution in [3.63, 3.8) is 0 Å². The molecule has 2 aromatic carbocycles. The minimum Gasteiger partial charge on any atom is -0.481 e. The highest BCUT2D eigenvalue weighted by Gasteiger charge is 2.15.